The Bertz CT molecular complexity index is 656. The van der Waals surface area contributed by atoms with E-state index in [2.05, 4.69) is 55.3 Å². The lowest BCUT2D eigenvalue weighted by Gasteiger charge is -2.20. The van der Waals surface area contributed by atoms with Gasteiger partial charge in [-0.15, -0.1) is 0 Å². The van der Waals surface area contributed by atoms with Crippen LogP contribution in [0.25, 0.3) is 0 Å². The van der Waals surface area contributed by atoms with Crippen molar-refractivity contribution in [2.75, 3.05) is 13.2 Å². The van der Waals surface area contributed by atoms with E-state index in [1.54, 1.807) is 18.5 Å². The summed E-state index contributed by atoms with van der Waals surface area (Å²) in [5.41, 5.74) is 8.81. The van der Waals surface area contributed by atoms with Crippen LogP contribution in [-0.2, 0) is 13.0 Å². The average Bonchev–Trinajstić information content (AvgIpc) is 2.59. The highest BCUT2D eigenvalue weighted by Gasteiger charge is 2.15. The molecule has 2 rings (SSSR count). The molecular formula is C21H31N3O2. The predicted octanol–water partition coefficient (Wildman–Crippen LogP) is 2.53. The topological polar surface area (TPSA) is 80.4 Å². The van der Waals surface area contributed by atoms with Gasteiger partial charge in [0.1, 0.15) is 12.4 Å². The first-order chi connectivity index (χ1) is 12.3. The summed E-state index contributed by atoms with van der Waals surface area (Å²) in [6.07, 6.45) is 3.67. The van der Waals surface area contributed by atoms with Crippen LogP contribution in [0.4, 0.5) is 0 Å². The normalized spacial score (nSPS) is 14.0. The van der Waals surface area contributed by atoms with Gasteiger partial charge in [0.25, 0.3) is 0 Å². The summed E-state index contributed by atoms with van der Waals surface area (Å²) >= 11 is 0. The zero-order chi connectivity index (χ0) is 19.0. The molecule has 4 N–H and O–H groups in total. The van der Waals surface area contributed by atoms with E-state index < -0.39 is 12.1 Å². The van der Waals surface area contributed by atoms with Gasteiger partial charge >= 0.3 is 0 Å². The summed E-state index contributed by atoms with van der Waals surface area (Å²) in [5.74, 6) is 0.652. The molecule has 0 fully saturated rings. The third kappa shape index (κ3) is 7.52. The third-order valence-corrected chi connectivity index (χ3v) is 3.98. The molecule has 0 saturated carbocycles. The van der Waals surface area contributed by atoms with Crippen molar-refractivity contribution >= 4 is 0 Å². The molecule has 5 nitrogen and oxygen atoms in total. The Hall–Kier alpha value is -1.95. The van der Waals surface area contributed by atoms with E-state index in [1.807, 2.05) is 6.07 Å². The van der Waals surface area contributed by atoms with Crippen molar-refractivity contribution in [1.29, 1.82) is 0 Å². The summed E-state index contributed by atoms with van der Waals surface area (Å²) in [6, 6.07) is 11.7. The monoisotopic (exact) mass is 357 g/mol. The summed E-state index contributed by atoms with van der Waals surface area (Å²) < 4.78 is 5.54. The van der Waals surface area contributed by atoms with Crippen LogP contribution in [0.5, 0.6) is 5.75 Å². The molecule has 0 radical (unpaired) electrons. The molecule has 2 aromatic rings. The number of pyridine rings is 1. The minimum absolute atomic E-state index is 0.246. The minimum Gasteiger partial charge on any atom is -0.490 e. The molecule has 0 amide bonds. The SMILES string of the molecule is CC(C)(C)Cc1cccc(CNCC(O)C(N)COc2cccnc2)c1. The van der Waals surface area contributed by atoms with Crippen LogP contribution >= 0.6 is 0 Å². The number of rotatable bonds is 9. The molecule has 0 aliphatic heterocycles. The van der Waals surface area contributed by atoms with Crippen LogP contribution in [-0.4, -0.2) is 35.4 Å². The number of nitrogens with one attached hydrogen (secondary N) is 1. The standard InChI is InChI=1S/C21H31N3O2/c1-21(2,3)11-16-6-4-7-17(10-16)12-24-14-20(25)19(22)15-26-18-8-5-9-23-13-18/h4-10,13,19-20,24-25H,11-12,14-15,22H2,1-3H3. The van der Waals surface area contributed by atoms with E-state index in [-0.39, 0.29) is 12.0 Å². The van der Waals surface area contributed by atoms with Crippen LogP contribution in [0.15, 0.2) is 48.8 Å². The molecule has 2 unspecified atom stereocenters. The van der Waals surface area contributed by atoms with Crippen molar-refractivity contribution in [2.45, 2.75) is 45.9 Å². The van der Waals surface area contributed by atoms with Crippen LogP contribution in [0.3, 0.4) is 0 Å². The Morgan fingerprint density at radius 1 is 1.19 bits per heavy atom. The molecule has 0 saturated heterocycles. The second kappa shape index (κ2) is 9.67. The van der Waals surface area contributed by atoms with E-state index in [1.165, 1.54) is 11.1 Å². The number of benzene rings is 1. The molecule has 0 bridgehead atoms. The van der Waals surface area contributed by atoms with Gasteiger partial charge in [-0.3, -0.25) is 4.98 Å². The Balaban J connectivity index is 1.73. The van der Waals surface area contributed by atoms with Crippen molar-refractivity contribution in [2.24, 2.45) is 11.1 Å². The molecule has 2 atom stereocenters. The van der Waals surface area contributed by atoms with Gasteiger partial charge in [0.2, 0.25) is 0 Å². The van der Waals surface area contributed by atoms with Gasteiger partial charge in [0.15, 0.2) is 0 Å². The van der Waals surface area contributed by atoms with Gasteiger partial charge < -0.3 is 20.9 Å². The number of nitrogens with two attached hydrogens (primary N) is 1. The molecule has 0 aliphatic rings. The number of aliphatic hydroxyl groups excluding tert-OH is 1. The molecule has 26 heavy (non-hydrogen) atoms. The van der Waals surface area contributed by atoms with Gasteiger partial charge in [-0.1, -0.05) is 45.0 Å². The van der Waals surface area contributed by atoms with Gasteiger partial charge in [-0.25, -0.2) is 0 Å². The van der Waals surface area contributed by atoms with Crippen LogP contribution in [0, 0.1) is 5.41 Å². The van der Waals surface area contributed by atoms with Crippen LogP contribution in [0.2, 0.25) is 0 Å². The van der Waals surface area contributed by atoms with E-state index in [0.717, 1.165) is 6.42 Å². The highest BCUT2D eigenvalue weighted by atomic mass is 16.5. The van der Waals surface area contributed by atoms with Gasteiger partial charge in [-0.2, -0.15) is 0 Å². The van der Waals surface area contributed by atoms with E-state index in [9.17, 15) is 5.11 Å². The molecular weight excluding hydrogens is 326 g/mol. The first kappa shape index (κ1) is 20.4. The molecule has 1 heterocycles. The van der Waals surface area contributed by atoms with Gasteiger partial charge in [0.05, 0.1) is 18.3 Å². The predicted molar refractivity (Wildman–Crippen MR) is 105 cm³/mol. The van der Waals surface area contributed by atoms with Crippen molar-refractivity contribution in [1.82, 2.24) is 10.3 Å². The van der Waals surface area contributed by atoms with Crippen LogP contribution < -0.4 is 15.8 Å². The molecule has 5 heteroatoms. The van der Waals surface area contributed by atoms with Crippen molar-refractivity contribution < 1.29 is 9.84 Å². The van der Waals surface area contributed by atoms with Crippen LogP contribution in [0.1, 0.15) is 31.9 Å². The number of aromatic nitrogens is 1. The van der Waals surface area contributed by atoms with Gasteiger partial charge in [0, 0.05) is 19.3 Å². The highest BCUT2D eigenvalue weighted by Crippen LogP contribution is 2.21. The first-order valence-electron chi connectivity index (χ1n) is 9.08. The Labute approximate surface area is 156 Å². The second-order valence-corrected chi connectivity index (χ2v) is 7.92. The maximum atomic E-state index is 10.2. The Morgan fingerprint density at radius 3 is 2.65 bits per heavy atom. The van der Waals surface area contributed by atoms with Crippen molar-refractivity contribution in [3.63, 3.8) is 0 Å². The first-order valence-corrected chi connectivity index (χ1v) is 9.08. The summed E-state index contributed by atoms with van der Waals surface area (Å²) in [6.45, 7) is 8.08. The molecule has 1 aromatic heterocycles. The zero-order valence-corrected chi connectivity index (χ0v) is 16.0. The largest absolute Gasteiger partial charge is 0.490 e. The molecule has 142 valence electrons. The fraction of sp³-hybridized carbons (Fsp3) is 0.476. The van der Waals surface area contributed by atoms with E-state index >= 15 is 0 Å². The van der Waals surface area contributed by atoms with Gasteiger partial charge in [-0.05, 0) is 35.1 Å². The lowest BCUT2D eigenvalue weighted by molar-refractivity contribution is 0.114. The van der Waals surface area contributed by atoms with E-state index in [0.29, 0.717) is 18.8 Å². The number of aliphatic hydroxyl groups is 1. The smallest absolute Gasteiger partial charge is 0.137 e. The number of hydrogen-bond acceptors (Lipinski definition) is 5. The lowest BCUT2D eigenvalue weighted by Crippen LogP contribution is -2.45. The van der Waals surface area contributed by atoms with Crippen molar-refractivity contribution in [3.8, 4) is 5.75 Å². The number of ether oxygens (including phenoxy) is 1. The minimum atomic E-state index is -0.676. The fourth-order valence-electron chi connectivity index (χ4n) is 2.71. The third-order valence-electron chi connectivity index (χ3n) is 3.98. The molecule has 0 spiro atoms. The Kier molecular flexibility index (Phi) is 7.57. The average molecular weight is 357 g/mol. The summed E-state index contributed by atoms with van der Waals surface area (Å²) in [5, 5.41) is 13.5. The van der Waals surface area contributed by atoms with E-state index in [4.69, 9.17) is 10.5 Å². The second-order valence-electron chi connectivity index (χ2n) is 7.92. The lowest BCUT2D eigenvalue weighted by atomic mass is 9.88. The Morgan fingerprint density at radius 2 is 1.96 bits per heavy atom. The fourth-order valence-corrected chi connectivity index (χ4v) is 2.71. The maximum Gasteiger partial charge on any atom is 0.137 e. The summed E-state index contributed by atoms with van der Waals surface area (Å²) in [7, 11) is 0. The zero-order valence-electron chi connectivity index (χ0n) is 16.0. The highest BCUT2D eigenvalue weighted by molar-refractivity contribution is 5.24. The number of hydrogen-bond donors (Lipinski definition) is 3. The molecule has 0 aliphatic carbocycles. The maximum absolute atomic E-state index is 10.2. The number of nitrogens with zero attached hydrogens (tertiary/aromatic N) is 1. The van der Waals surface area contributed by atoms with Crippen molar-refractivity contribution in [3.05, 3.63) is 59.9 Å². The molecule has 1 aromatic carbocycles. The quantitative estimate of drug-likeness (QED) is 0.643. The summed E-state index contributed by atoms with van der Waals surface area (Å²) in [4.78, 5) is 3.98.